The van der Waals surface area contributed by atoms with E-state index in [4.69, 9.17) is 4.74 Å². The average Bonchev–Trinajstić information content (AvgIpc) is 3.41. The number of benzene rings is 3. The molecule has 10 heteroatoms. The third kappa shape index (κ3) is 3.98. The van der Waals surface area contributed by atoms with Gasteiger partial charge in [0, 0.05) is 17.7 Å². The Bertz CT molecular complexity index is 1600. The van der Waals surface area contributed by atoms with Crippen LogP contribution in [0.2, 0.25) is 0 Å². The number of Topliss-reactive ketones (excluding diaryl/α,β-unsaturated/α-hetero) is 1. The van der Waals surface area contributed by atoms with Crippen LogP contribution in [0.15, 0.2) is 66.2 Å². The molecule has 0 bridgehead atoms. The molecule has 186 valence electrons. The van der Waals surface area contributed by atoms with Crippen molar-refractivity contribution in [3.8, 4) is 5.75 Å². The minimum absolute atomic E-state index is 0.0379. The Morgan fingerprint density at radius 2 is 1.81 bits per heavy atom. The first-order valence-corrected chi connectivity index (χ1v) is 11.4. The highest BCUT2D eigenvalue weighted by Gasteiger charge is 2.48. The van der Waals surface area contributed by atoms with Crippen LogP contribution in [0.1, 0.15) is 28.3 Å². The molecule has 3 aromatic carbocycles. The Kier molecular flexibility index (Phi) is 5.71. The zero-order valence-corrected chi connectivity index (χ0v) is 20.2. The lowest BCUT2D eigenvalue weighted by atomic mass is 9.95. The molecule has 0 spiro atoms. The number of aromatic amines is 1. The number of non-ortho nitro benzene ring substituents is 1. The SMILES string of the molecule is COc1cccc(C2/C(=C(\O)c3cccc([N+](=O)[O-])c3)C(=O)C(=O)N2c2nc3cc(C)c(C)cc3[nH]2)c1. The van der Waals surface area contributed by atoms with Gasteiger partial charge in [0.25, 0.3) is 11.5 Å². The van der Waals surface area contributed by atoms with E-state index < -0.39 is 28.4 Å². The van der Waals surface area contributed by atoms with Crippen LogP contribution in [0.4, 0.5) is 11.6 Å². The number of imidazole rings is 1. The van der Waals surface area contributed by atoms with Gasteiger partial charge in [-0.2, -0.15) is 0 Å². The van der Waals surface area contributed by atoms with Gasteiger partial charge in [-0.15, -0.1) is 0 Å². The number of ketones is 1. The fraction of sp³-hybridized carbons (Fsp3) is 0.148. The normalized spacial score (nSPS) is 16.9. The maximum Gasteiger partial charge on any atom is 0.302 e. The maximum absolute atomic E-state index is 13.4. The summed E-state index contributed by atoms with van der Waals surface area (Å²) in [5.41, 5.74) is 3.38. The lowest BCUT2D eigenvalue weighted by molar-refractivity contribution is -0.384. The second-order valence-corrected chi connectivity index (χ2v) is 8.77. The van der Waals surface area contributed by atoms with Gasteiger partial charge in [-0.3, -0.25) is 24.6 Å². The summed E-state index contributed by atoms with van der Waals surface area (Å²) in [7, 11) is 1.49. The summed E-state index contributed by atoms with van der Waals surface area (Å²) in [6.45, 7) is 3.90. The molecule has 37 heavy (non-hydrogen) atoms. The zero-order chi connectivity index (χ0) is 26.4. The third-order valence-electron chi connectivity index (χ3n) is 6.50. The Hall–Kier alpha value is -4.99. The van der Waals surface area contributed by atoms with Crippen LogP contribution < -0.4 is 9.64 Å². The van der Waals surface area contributed by atoms with E-state index in [1.54, 1.807) is 24.3 Å². The highest BCUT2D eigenvalue weighted by Crippen LogP contribution is 2.42. The van der Waals surface area contributed by atoms with Crippen LogP contribution in [0, 0.1) is 24.0 Å². The molecule has 0 saturated carbocycles. The first-order valence-electron chi connectivity index (χ1n) is 11.4. The number of hydrogen-bond donors (Lipinski definition) is 2. The van der Waals surface area contributed by atoms with E-state index in [1.807, 2.05) is 26.0 Å². The standard InChI is InChI=1S/C27H22N4O6/c1-14-10-20-21(11-15(14)2)29-27(28-20)30-23(16-6-5-9-19(13-16)37-3)22(25(33)26(30)34)24(32)17-7-4-8-18(12-17)31(35)36/h4-13,23,32H,1-3H3,(H,28,29)/b24-22+. The number of ether oxygens (including phenoxy) is 1. The first kappa shape index (κ1) is 23.7. The highest BCUT2D eigenvalue weighted by atomic mass is 16.6. The number of H-pyrrole nitrogens is 1. The number of nitrogens with one attached hydrogen (secondary N) is 1. The number of aryl methyl sites for hydroxylation is 2. The Balaban J connectivity index is 1.75. The fourth-order valence-corrected chi connectivity index (χ4v) is 4.47. The number of nitrogens with zero attached hydrogens (tertiary/aromatic N) is 3. The maximum atomic E-state index is 13.4. The molecule has 1 aliphatic rings. The molecule has 2 heterocycles. The molecular formula is C27H22N4O6. The number of aromatic nitrogens is 2. The molecule has 5 rings (SSSR count). The van der Waals surface area contributed by atoms with Gasteiger partial charge in [0.2, 0.25) is 5.95 Å². The van der Waals surface area contributed by atoms with E-state index in [-0.39, 0.29) is 22.8 Å². The smallest absolute Gasteiger partial charge is 0.302 e. The molecule has 1 unspecified atom stereocenters. The summed E-state index contributed by atoms with van der Waals surface area (Å²) >= 11 is 0. The van der Waals surface area contributed by atoms with E-state index >= 15 is 0 Å². The third-order valence-corrected chi connectivity index (χ3v) is 6.50. The number of aliphatic hydroxyl groups is 1. The molecule has 1 amide bonds. The van der Waals surface area contributed by atoms with Crippen LogP contribution in [0.5, 0.6) is 5.75 Å². The second-order valence-electron chi connectivity index (χ2n) is 8.77. The van der Waals surface area contributed by atoms with Crippen LogP contribution in [0.3, 0.4) is 0 Å². The molecule has 0 radical (unpaired) electrons. The van der Waals surface area contributed by atoms with Crippen LogP contribution in [-0.4, -0.2) is 38.8 Å². The lowest BCUT2D eigenvalue weighted by Crippen LogP contribution is -2.30. The van der Waals surface area contributed by atoms with Gasteiger partial charge in [-0.25, -0.2) is 4.98 Å². The van der Waals surface area contributed by atoms with E-state index in [2.05, 4.69) is 9.97 Å². The van der Waals surface area contributed by atoms with Crippen molar-refractivity contribution < 1.29 is 24.4 Å². The van der Waals surface area contributed by atoms with Crippen molar-refractivity contribution in [2.24, 2.45) is 0 Å². The molecule has 1 aliphatic heterocycles. The van der Waals surface area contributed by atoms with Crippen molar-refractivity contribution in [3.63, 3.8) is 0 Å². The van der Waals surface area contributed by atoms with E-state index in [9.17, 15) is 24.8 Å². The number of methoxy groups -OCH3 is 1. The van der Waals surface area contributed by atoms with Crippen LogP contribution in [0.25, 0.3) is 16.8 Å². The molecule has 1 fully saturated rings. The average molecular weight is 498 g/mol. The van der Waals surface area contributed by atoms with E-state index in [1.165, 1.54) is 30.2 Å². The first-order chi connectivity index (χ1) is 17.7. The van der Waals surface area contributed by atoms with E-state index in [0.29, 0.717) is 22.3 Å². The lowest BCUT2D eigenvalue weighted by Gasteiger charge is -2.23. The Labute approximate surface area is 211 Å². The van der Waals surface area contributed by atoms with Gasteiger partial charge in [0.15, 0.2) is 0 Å². The van der Waals surface area contributed by atoms with Crippen LogP contribution in [-0.2, 0) is 9.59 Å². The summed E-state index contributed by atoms with van der Waals surface area (Å²) in [5, 5.41) is 22.5. The molecule has 1 aromatic heterocycles. The topological polar surface area (TPSA) is 139 Å². The van der Waals surface area contributed by atoms with Crippen molar-refractivity contribution in [2.75, 3.05) is 12.0 Å². The molecular weight excluding hydrogens is 476 g/mol. The zero-order valence-electron chi connectivity index (χ0n) is 20.2. The number of anilines is 1. The van der Waals surface area contributed by atoms with Crippen molar-refractivity contribution in [2.45, 2.75) is 19.9 Å². The molecule has 2 N–H and O–H groups in total. The largest absolute Gasteiger partial charge is 0.507 e. The molecule has 1 saturated heterocycles. The minimum atomic E-state index is -1.07. The van der Waals surface area contributed by atoms with E-state index in [0.717, 1.165) is 17.2 Å². The highest BCUT2D eigenvalue weighted by molar-refractivity contribution is 6.51. The second kappa shape index (κ2) is 8.90. The van der Waals surface area contributed by atoms with Gasteiger partial charge in [-0.1, -0.05) is 24.3 Å². The predicted molar refractivity (Wildman–Crippen MR) is 136 cm³/mol. The number of nitro benzene ring substituents is 1. The summed E-state index contributed by atoms with van der Waals surface area (Å²) in [6.07, 6.45) is 0. The van der Waals surface area contributed by atoms with Gasteiger partial charge < -0.3 is 14.8 Å². The van der Waals surface area contributed by atoms with Gasteiger partial charge in [0.1, 0.15) is 11.5 Å². The monoisotopic (exact) mass is 498 g/mol. The number of rotatable bonds is 5. The number of amides is 1. The van der Waals surface area contributed by atoms with Crippen LogP contribution >= 0.6 is 0 Å². The van der Waals surface area contributed by atoms with Gasteiger partial charge in [-0.05, 0) is 54.8 Å². The number of carbonyl (C=O) groups excluding carboxylic acids is 2. The summed E-state index contributed by atoms with van der Waals surface area (Å²) in [5.74, 6) is -1.75. The van der Waals surface area contributed by atoms with Gasteiger partial charge in [0.05, 0.1) is 34.7 Å². The predicted octanol–water partition coefficient (Wildman–Crippen LogP) is 4.72. The van der Waals surface area contributed by atoms with Crippen molar-refractivity contribution in [1.29, 1.82) is 0 Å². The minimum Gasteiger partial charge on any atom is -0.507 e. The molecule has 1 atom stereocenters. The number of nitro groups is 1. The van der Waals surface area contributed by atoms with Crippen molar-refractivity contribution >= 4 is 40.1 Å². The molecule has 0 aliphatic carbocycles. The Morgan fingerprint density at radius 1 is 1.08 bits per heavy atom. The van der Waals surface area contributed by atoms with Crippen molar-refractivity contribution in [3.05, 3.63) is 98.6 Å². The number of carbonyl (C=O) groups is 2. The molecule has 10 nitrogen and oxygen atoms in total. The summed E-state index contributed by atoms with van der Waals surface area (Å²) in [6, 6.07) is 14.7. The quantitative estimate of drug-likeness (QED) is 0.133. The number of hydrogen-bond acceptors (Lipinski definition) is 7. The molecule has 4 aromatic rings. The summed E-state index contributed by atoms with van der Waals surface area (Å²) < 4.78 is 5.34. The number of aliphatic hydroxyl groups excluding tert-OH is 1. The number of fused-ring (bicyclic) bond motifs is 1. The fourth-order valence-electron chi connectivity index (χ4n) is 4.47. The van der Waals surface area contributed by atoms with Gasteiger partial charge >= 0.3 is 5.91 Å². The van der Waals surface area contributed by atoms with Crippen molar-refractivity contribution in [1.82, 2.24) is 9.97 Å². The summed E-state index contributed by atoms with van der Waals surface area (Å²) in [4.78, 5) is 46.4. The Morgan fingerprint density at radius 3 is 2.54 bits per heavy atom.